The highest BCUT2D eigenvalue weighted by Crippen LogP contribution is 2.47. The maximum Gasteiger partial charge on any atom is 0.137 e. The van der Waals surface area contributed by atoms with Crippen LogP contribution in [0.2, 0.25) is 0 Å². The zero-order valence-electron chi connectivity index (χ0n) is 26.8. The topological polar surface area (TPSA) is 93.1 Å². The summed E-state index contributed by atoms with van der Waals surface area (Å²) < 4.78 is 48.7. The molecule has 2 aliphatic heterocycles. The summed E-state index contributed by atoms with van der Waals surface area (Å²) in [5.41, 5.74) is 10.9. The van der Waals surface area contributed by atoms with Gasteiger partial charge in [-0.15, -0.1) is 0 Å². The first-order valence-electron chi connectivity index (χ1n) is 15.6. The van der Waals surface area contributed by atoms with Gasteiger partial charge in [-0.1, -0.05) is 18.6 Å². The van der Waals surface area contributed by atoms with Crippen LogP contribution in [-0.4, -0.2) is 57.3 Å². The van der Waals surface area contributed by atoms with Gasteiger partial charge in [-0.3, -0.25) is 4.99 Å². The number of nitrogens with zero attached hydrogens (tertiary/aromatic N) is 3. The second-order valence-corrected chi connectivity index (χ2v) is 12.1. The van der Waals surface area contributed by atoms with E-state index >= 15 is 8.78 Å². The molecular formula is C35H46F2N4O3. The van der Waals surface area contributed by atoms with Crippen molar-refractivity contribution in [2.75, 3.05) is 46.2 Å². The van der Waals surface area contributed by atoms with E-state index in [2.05, 4.69) is 16.0 Å². The van der Waals surface area contributed by atoms with Gasteiger partial charge in [0.25, 0.3) is 0 Å². The van der Waals surface area contributed by atoms with E-state index in [4.69, 9.17) is 19.9 Å². The van der Waals surface area contributed by atoms with Gasteiger partial charge in [0.05, 0.1) is 32.0 Å². The average Bonchev–Trinajstić information content (AvgIpc) is 3.68. The Kier molecular flexibility index (Phi) is 11.7. The number of aliphatic imine (C=N–C) groups is 1. The van der Waals surface area contributed by atoms with E-state index in [0.29, 0.717) is 47.5 Å². The summed E-state index contributed by atoms with van der Waals surface area (Å²) in [7, 11) is 0. The standard InChI is InChI=1S/C35H46F2N4O3/c1-6-23(3)32(33(24(4)30(36)7-2)27(16-38)25(5)39)34-29-19-43-18-28(29)26(15-31(34)37)17-40-22-44-21-35(9-10-35)20-41-11-8-13-42-14-12-41/h7,15,17H,6,8-14,18-22,39H2,1-5H3/b27-25+,30-7+,32-23-,33-24-,40-17-. The van der Waals surface area contributed by atoms with E-state index in [9.17, 15) is 5.26 Å². The largest absolute Gasteiger partial charge is 0.401 e. The molecule has 1 saturated heterocycles. The minimum atomic E-state index is -0.499. The zero-order valence-corrected chi connectivity index (χ0v) is 26.8. The van der Waals surface area contributed by atoms with Gasteiger partial charge in [-0.05, 0) is 81.7 Å². The molecule has 238 valence electrons. The van der Waals surface area contributed by atoms with Gasteiger partial charge >= 0.3 is 0 Å². The molecule has 44 heavy (non-hydrogen) atoms. The molecule has 2 fully saturated rings. The quantitative estimate of drug-likeness (QED) is 0.120. The molecule has 0 radical (unpaired) electrons. The molecule has 0 spiro atoms. The summed E-state index contributed by atoms with van der Waals surface area (Å²) in [4.78, 5) is 6.97. The molecule has 0 bridgehead atoms. The second kappa shape index (κ2) is 15.2. The predicted molar refractivity (Wildman–Crippen MR) is 170 cm³/mol. The normalized spacial score (nSPS) is 20.5. The van der Waals surface area contributed by atoms with Gasteiger partial charge in [-0.2, -0.15) is 5.26 Å². The number of allylic oxidation sites excluding steroid dienone is 8. The second-order valence-electron chi connectivity index (χ2n) is 12.1. The van der Waals surface area contributed by atoms with Crippen molar-refractivity contribution in [1.82, 2.24) is 4.90 Å². The Morgan fingerprint density at radius 1 is 1.18 bits per heavy atom. The number of nitrogens with two attached hydrogens (primary N) is 1. The SMILES string of the molecule is C\C=C(F)/C(C)=C(C(/C#N)=C(\C)N)\C(=C(/C)CC)c1c(F)cc(/C=N\COCC2(CN3CCCOCC3)CC2)c2c1COC2. The summed E-state index contributed by atoms with van der Waals surface area (Å²) in [5, 5.41) is 10.1. The molecule has 9 heteroatoms. The van der Waals surface area contributed by atoms with Gasteiger partial charge in [0, 0.05) is 60.3 Å². The molecule has 4 rings (SSSR count). The van der Waals surface area contributed by atoms with Crippen molar-refractivity contribution in [3.63, 3.8) is 0 Å². The number of rotatable bonds is 12. The first-order valence-corrected chi connectivity index (χ1v) is 15.6. The Bertz CT molecular complexity index is 1420. The Labute approximate surface area is 260 Å². The lowest BCUT2D eigenvalue weighted by Gasteiger charge is -2.25. The van der Waals surface area contributed by atoms with Crippen LogP contribution in [0.4, 0.5) is 8.78 Å². The van der Waals surface area contributed by atoms with Crippen LogP contribution in [0, 0.1) is 22.6 Å². The first kappa shape index (κ1) is 33.7. The first-order chi connectivity index (χ1) is 21.2. The number of fused-ring (bicyclic) bond motifs is 1. The Morgan fingerprint density at radius 2 is 1.93 bits per heavy atom. The van der Waals surface area contributed by atoms with Crippen LogP contribution in [0.15, 0.2) is 51.0 Å². The molecule has 1 saturated carbocycles. The molecular weight excluding hydrogens is 562 g/mol. The lowest BCUT2D eigenvalue weighted by Crippen LogP contribution is -2.34. The summed E-state index contributed by atoms with van der Waals surface area (Å²) >= 11 is 0. The summed E-state index contributed by atoms with van der Waals surface area (Å²) in [5.74, 6) is -0.989. The number of nitriles is 1. The lowest BCUT2D eigenvalue weighted by atomic mass is 9.81. The van der Waals surface area contributed by atoms with Crippen molar-refractivity contribution >= 4 is 11.8 Å². The van der Waals surface area contributed by atoms with Crippen LogP contribution in [0.3, 0.4) is 0 Å². The Balaban J connectivity index is 1.61. The van der Waals surface area contributed by atoms with Crippen LogP contribution in [0.5, 0.6) is 0 Å². The molecule has 3 aliphatic rings. The summed E-state index contributed by atoms with van der Waals surface area (Å²) in [6, 6.07) is 3.59. The summed E-state index contributed by atoms with van der Waals surface area (Å²) in [6.07, 6.45) is 6.91. The fraction of sp³-hybridized carbons (Fsp3) is 0.543. The van der Waals surface area contributed by atoms with Crippen molar-refractivity contribution in [2.24, 2.45) is 16.1 Å². The fourth-order valence-electron chi connectivity index (χ4n) is 6.05. The van der Waals surface area contributed by atoms with Crippen LogP contribution < -0.4 is 5.73 Å². The van der Waals surface area contributed by atoms with E-state index in [-0.39, 0.29) is 35.6 Å². The van der Waals surface area contributed by atoms with Crippen LogP contribution in [-0.2, 0) is 27.4 Å². The highest BCUT2D eigenvalue weighted by Gasteiger charge is 2.44. The van der Waals surface area contributed by atoms with Gasteiger partial charge < -0.3 is 24.8 Å². The van der Waals surface area contributed by atoms with E-state index in [1.807, 2.05) is 13.8 Å². The molecule has 7 nitrogen and oxygen atoms in total. The monoisotopic (exact) mass is 608 g/mol. The molecule has 0 amide bonds. The zero-order chi connectivity index (χ0) is 31.9. The number of halogens is 2. The summed E-state index contributed by atoms with van der Waals surface area (Å²) in [6.45, 7) is 14.6. The Hall–Kier alpha value is -3.16. The molecule has 1 aliphatic carbocycles. The van der Waals surface area contributed by atoms with Crippen molar-refractivity contribution in [3.8, 4) is 6.07 Å². The van der Waals surface area contributed by atoms with E-state index in [1.54, 1.807) is 27.0 Å². The third-order valence-corrected chi connectivity index (χ3v) is 8.86. The number of hydrogen-bond acceptors (Lipinski definition) is 7. The van der Waals surface area contributed by atoms with Crippen molar-refractivity contribution < 1.29 is 23.0 Å². The van der Waals surface area contributed by atoms with E-state index in [1.165, 1.54) is 12.1 Å². The molecule has 0 unspecified atom stereocenters. The highest BCUT2D eigenvalue weighted by atomic mass is 19.1. The maximum atomic E-state index is 16.3. The molecule has 2 heterocycles. The smallest absolute Gasteiger partial charge is 0.137 e. The van der Waals surface area contributed by atoms with Gasteiger partial charge in [0.2, 0.25) is 0 Å². The molecule has 0 atom stereocenters. The number of benzene rings is 1. The van der Waals surface area contributed by atoms with Gasteiger partial charge in [-0.25, -0.2) is 8.78 Å². The predicted octanol–water partition coefficient (Wildman–Crippen LogP) is 6.88. The lowest BCUT2D eigenvalue weighted by molar-refractivity contribution is 0.0733. The minimum absolute atomic E-state index is 0.120. The molecule has 1 aromatic carbocycles. The fourth-order valence-corrected chi connectivity index (χ4v) is 6.05. The van der Waals surface area contributed by atoms with Crippen molar-refractivity contribution in [2.45, 2.75) is 73.5 Å². The maximum absolute atomic E-state index is 16.3. The van der Waals surface area contributed by atoms with E-state index < -0.39 is 11.6 Å². The van der Waals surface area contributed by atoms with Crippen molar-refractivity contribution in [1.29, 1.82) is 5.26 Å². The molecule has 2 N–H and O–H groups in total. The third kappa shape index (κ3) is 7.73. The average molecular weight is 609 g/mol. The number of ether oxygens (including phenoxy) is 3. The van der Waals surface area contributed by atoms with E-state index in [0.717, 1.165) is 63.2 Å². The minimum Gasteiger partial charge on any atom is -0.401 e. The highest BCUT2D eigenvalue weighted by molar-refractivity contribution is 5.92. The van der Waals surface area contributed by atoms with Crippen LogP contribution in [0.1, 0.15) is 82.6 Å². The van der Waals surface area contributed by atoms with Crippen LogP contribution in [0.25, 0.3) is 5.57 Å². The molecule has 0 aromatic heterocycles. The van der Waals surface area contributed by atoms with Crippen LogP contribution >= 0.6 is 0 Å². The number of hydrogen-bond donors (Lipinski definition) is 1. The molecule has 1 aromatic rings. The third-order valence-electron chi connectivity index (χ3n) is 8.86. The Morgan fingerprint density at radius 3 is 2.59 bits per heavy atom. The van der Waals surface area contributed by atoms with Crippen molar-refractivity contribution in [3.05, 3.63) is 74.0 Å². The van der Waals surface area contributed by atoms with Gasteiger partial charge in [0.1, 0.15) is 24.4 Å². The van der Waals surface area contributed by atoms with Gasteiger partial charge in [0.15, 0.2) is 0 Å².